The second-order valence-corrected chi connectivity index (χ2v) is 10.2. The number of thiophene rings is 1. The minimum absolute atomic E-state index is 0.0359. The van der Waals surface area contributed by atoms with Crippen LogP contribution in [0.2, 0.25) is 0 Å². The Labute approximate surface area is 217 Å². The Hall–Kier alpha value is -3.70. The largest absolute Gasteiger partial charge is 0.332 e. The summed E-state index contributed by atoms with van der Waals surface area (Å²) < 4.78 is 0. The van der Waals surface area contributed by atoms with Gasteiger partial charge in [-0.05, 0) is 66.6 Å². The van der Waals surface area contributed by atoms with Crippen LogP contribution in [0, 0.1) is 6.92 Å². The normalized spacial score (nSPS) is 10.9. The van der Waals surface area contributed by atoms with E-state index in [9.17, 15) is 9.59 Å². The van der Waals surface area contributed by atoms with E-state index < -0.39 is 0 Å². The van der Waals surface area contributed by atoms with Crippen LogP contribution in [0.25, 0.3) is 11.1 Å². The lowest BCUT2D eigenvalue weighted by atomic mass is 10.0. The molecule has 5 heteroatoms. The van der Waals surface area contributed by atoms with Gasteiger partial charge in [0, 0.05) is 23.0 Å². The van der Waals surface area contributed by atoms with E-state index in [1.54, 1.807) is 16.2 Å². The molecule has 3 aromatic carbocycles. The molecule has 36 heavy (non-hydrogen) atoms. The summed E-state index contributed by atoms with van der Waals surface area (Å²) in [5.74, 6) is -0.195. The maximum absolute atomic E-state index is 13.6. The van der Waals surface area contributed by atoms with Gasteiger partial charge in [0.1, 0.15) is 6.54 Å². The van der Waals surface area contributed by atoms with Crippen LogP contribution in [0.1, 0.15) is 40.2 Å². The minimum atomic E-state index is -0.134. The number of nitrogens with zero attached hydrogens (tertiary/aromatic N) is 2. The molecule has 0 aliphatic heterocycles. The van der Waals surface area contributed by atoms with E-state index in [1.165, 1.54) is 10.4 Å². The molecule has 2 amide bonds. The maximum atomic E-state index is 13.6. The number of amides is 2. The van der Waals surface area contributed by atoms with Gasteiger partial charge in [-0.25, -0.2) is 0 Å². The molecule has 0 spiro atoms. The van der Waals surface area contributed by atoms with Crippen LogP contribution in [0.4, 0.5) is 0 Å². The Bertz CT molecular complexity index is 1280. The third-order valence-electron chi connectivity index (χ3n) is 6.30. The summed E-state index contributed by atoms with van der Waals surface area (Å²) in [6.45, 7) is 7.04. The van der Waals surface area contributed by atoms with Crippen molar-refractivity contribution in [2.75, 3.05) is 6.54 Å². The van der Waals surface area contributed by atoms with Crippen LogP contribution in [0.15, 0.2) is 96.4 Å². The molecule has 1 heterocycles. The molecule has 4 nitrogen and oxygen atoms in total. The summed E-state index contributed by atoms with van der Waals surface area (Å²) in [7, 11) is 0. The van der Waals surface area contributed by atoms with Crippen LogP contribution in [0.3, 0.4) is 0 Å². The van der Waals surface area contributed by atoms with Crippen molar-refractivity contribution in [2.45, 2.75) is 39.9 Å². The Balaban J connectivity index is 1.52. The monoisotopic (exact) mass is 496 g/mol. The molecule has 4 rings (SSSR count). The fourth-order valence-corrected chi connectivity index (χ4v) is 5.03. The van der Waals surface area contributed by atoms with Crippen LogP contribution in [0.5, 0.6) is 0 Å². The zero-order valence-electron chi connectivity index (χ0n) is 21.1. The number of aryl methyl sites for hydroxylation is 1. The molecule has 0 radical (unpaired) electrons. The molecular weight excluding hydrogens is 464 g/mol. The highest BCUT2D eigenvalue weighted by molar-refractivity contribution is 7.10. The second kappa shape index (κ2) is 11.8. The van der Waals surface area contributed by atoms with Crippen molar-refractivity contribution in [1.29, 1.82) is 0 Å². The number of carbonyl (C=O) groups excluding carboxylic acids is 2. The first-order chi connectivity index (χ1) is 17.4. The van der Waals surface area contributed by atoms with Crippen LogP contribution < -0.4 is 0 Å². The molecule has 0 aliphatic rings. The molecule has 0 atom stereocenters. The van der Waals surface area contributed by atoms with E-state index in [0.29, 0.717) is 18.7 Å². The topological polar surface area (TPSA) is 40.6 Å². The first kappa shape index (κ1) is 25.4. The van der Waals surface area contributed by atoms with Crippen LogP contribution in [-0.2, 0) is 17.9 Å². The van der Waals surface area contributed by atoms with E-state index in [1.807, 2.05) is 104 Å². The van der Waals surface area contributed by atoms with Crippen molar-refractivity contribution in [3.63, 3.8) is 0 Å². The molecule has 0 N–H and O–H groups in total. The van der Waals surface area contributed by atoms with Gasteiger partial charge in [-0.1, -0.05) is 72.8 Å². The van der Waals surface area contributed by atoms with Gasteiger partial charge >= 0.3 is 0 Å². The molecule has 0 fully saturated rings. The quantitative estimate of drug-likeness (QED) is 0.256. The number of hydrogen-bond acceptors (Lipinski definition) is 3. The predicted octanol–water partition coefficient (Wildman–Crippen LogP) is 6.80. The van der Waals surface area contributed by atoms with Crippen molar-refractivity contribution >= 4 is 23.2 Å². The highest BCUT2D eigenvalue weighted by Gasteiger charge is 2.25. The second-order valence-electron chi connectivity index (χ2n) is 9.23. The zero-order valence-corrected chi connectivity index (χ0v) is 21.9. The first-order valence-corrected chi connectivity index (χ1v) is 13.1. The zero-order chi connectivity index (χ0) is 25.5. The average Bonchev–Trinajstić information content (AvgIpc) is 3.31. The summed E-state index contributed by atoms with van der Waals surface area (Å²) in [5.41, 5.74) is 4.99. The van der Waals surface area contributed by atoms with E-state index in [4.69, 9.17) is 0 Å². The highest BCUT2D eigenvalue weighted by atomic mass is 32.1. The molecule has 0 aliphatic carbocycles. The fourth-order valence-electron chi connectivity index (χ4n) is 4.11. The van der Waals surface area contributed by atoms with Crippen molar-refractivity contribution in [3.05, 3.63) is 118 Å². The van der Waals surface area contributed by atoms with Crippen molar-refractivity contribution in [3.8, 4) is 11.1 Å². The Kier molecular flexibility index (Phi) is 8.34. The first-order valence-electron chi connectivity index (χ1n) is 12.2. The minimum Gasteiger partial charge on any atom is -0.332 e. The number of benzene rings is 3. The standard InChI is InChI=1S/C31H32N2O2S/c1-23(2)33(31(35)28-16-14-27(15-17-28)26-12-8-5-9-13-26)22-30(34)32(20-25-10-6-4-7-11-25)21-29-24(3)18-19-36-29/h4-19,23H,20-22H2,1-3H3. The van der Waals surface area contributed by atoms with E-state index in [2.05, 4.69) is 18.4 Å². The average molecular weight is 497 g/mol. The molecule has 0 bridgehead atoms. The van der Waals surface area contributed by atoms with Gasteiger partial charge in [-0.3, -0.25) is 9.59 Å². The third-order valence-corrected chi connectivity index (χ3v) is 7.31. The summed E-state index contributed by atoms with van der Waals surface area (Å²) >= 11 is 1.66. The maximum Gasteiger partial charge on any atom is 0.254 e. The van der Waals surface area contributed by atoms with Gasteiger partial charge in [0.25, 0.3) is 5.91 Å². The summed E-state index contributed by atoms with van der Waals surface area (Å²) in [6, 6.07) is 29.7. The Morgan fingerprint density at radius 3 is 1.97 bits per heavy atom. The lowest BCUT2D eigenvalue weighted by Crippen LogP contribution is -2.45. The van der Waals surface area contributed by atoms with E-state index >= 15 is 0 Å². The van der Waals surface area contributed by atoms with Crippen molar-refractivity contribution < 1.29 is 9.59 Å². The third kappa shape index (κ3) is 6.29. The molecule has 4 aromatic rings. The molecule has 0 saturated heterocycles. The molecule has 0 saturated carbocycles. The fraction of sp³-hybridized carbons (Fsp3) is 0.226. The number of carbonyl (C=O) groups is 2. The summed E-state index contributed by atoms with van der Waals surface area (Å²) in [6.07, 6.45) is 0. The van der Waals surface area contributed by atoms with Gasteiger partial charge in [0.2, 0.25) is 5.91 Å². The van der Waals surface area contributed by atoms with E-state index in [-0.39, 0.29) is 24.4 Å². The Morgan fingerprint density at radius 1 is 0.778 bits per heavy atom. The van der Waals surface area contributed by atoms with Crippen LogP contribution in [-0.4, -0.2) is 34.2 Å². The molecule has 0 unspecified atom stereocenters. The SMILES string of the molecule is Cc1ccsc1CN(Cc1ccccc1)C(=O)CN(C(=O)c1ccc(-c2ccccc2)cc1)C(C)C. The van der Waals surface area contributed by atoms with Crippen molar-refractivity contribution in [1.82, 2.24) is 9.80 Å². The van der Waals surface area contributed by atoms with E-state index in [0.717, 1.165) is 16.7 Å². The molecule has 1 aromatic heterocycles. The number of rotatable bonds is 9. The highest BCUT2D eigenvalue weighted by Crippen LogP contribution is 2.22. The number of hydrogen-bond donors (Lipinski definition) is 0. The Morgan fingerprint density at radius 2 is 1.39 bits per heavy atom. The van der Waals surface area contributed by atoms with Crippen LogP contribution >= 0.6 is 11.3 Å². The smallest absolute Gasteiger partial charge is 0.254 e. The summed E-state index contributed by atoms with van der Waals surface area (Å²) in [4.78, 5) is 31.8. The molecule has 184 valence electrons. The van der Waals surface area contributed by atoms with Crippen molar-refractivity contribution in [2.24, 2.45) is 0 Å². The van der Waals surface area contributed by atoms with Gasteiger partial charge in [-0.2, -0.15) is 0 Å². The van der Waals surface area contributed by atoms with Gasteiger partial charge in [-0.15, -0.1) is 11.3 Å². The van der Waals surface area contributed by atoms with Gasteiger partial charge in [0.05, 0.1) is 6.54 Å². The lowest BCUT2D eigenvalue weighted by Gasteiger charge is -2.30. The molecular formula is C31H32N2O2S. The van der Waals surface area contributed by atoms with Gasteiger partial charge in [0.15, 0.2) is 0 Å². The lowest BCUT2D eigenvalue weighted by molar-refractivity contribution is -0.133. The van der Waals surface area contributed by atoms with Gasteiger partial charge < -0.3 is 9.80 Å². The summed E-state index contributed by atoms with van der Waals surface area (Å²) in [5, 5.41) is 2.05. The predicted molar refractivity (Wildman–Crippen MR) is 148 cm³/mol.